The molecule has 1 amide bonds. The summed E-state index contributed by atoms with van der Waals surface area (Å²) in [4.78, 5) is 25.5. The Kier molecular flexibility index (Phi) is 4.91. The fraction of sp³-hybridized carbons (Fsp3) is 0.333. The van der Waals surface area contributed by atoms with Gasteiger partial charge in [-0.15, -0.1) is 0 Å². The standard InChI is InChI=1S/C18H20ClN7O2/c1-3-14(27)25-6-5-12(10-25)28-17-15-13(19)8-20-16(15)23-18(24-17)22-11-7-21-26(4-2)9-11/h3,7-9,12H,1,4-6,10H2,2H3,(H2,20,22,23,24). The average Bonchev–Trinajstić information content (AvgIpc) is 3.42. The van der Waals surface area contributed by atoms with Crippen LogP contribution in [-0.4, -0.2) is 54.7 Å². The van der Waals surface area contributed by atoms with Crippen LogP contribution in [0.2, 0.25) is 5.02 Å². The van der Waals surface area contributed by atoms with Crippen LogP contribution in [0.15, 0.2) is 31.2 Å². The maximum atomic E-state index is 11.8. The molecular formula is C18H20ClN7O2. The normalized spacial score (nSPS) is 16.5. The second-order valence-electron chi connectivity index (χ2n) is 6.44. The number of carbonyl (C=O) groups excluding carboxylic acids is 1. The van der Waals surface area contributed by atoms with E-state index >= 15 is 0 Å². The van der Waals surface area contributed by atoms with E-state index in [1.807, 2.05) is 13.1 Å². The number of fused-ring (bicyclic) bond motifs is 1. The predicted molar refractivity (Wildman–Crippen MR) is 106 cm³/mol. The van der Waals surface area contributed by atoms with Crippen LogP contribution in [0, 0.1) is 0 Å². The molecule has 1 atom stereocenters. The molecule has 1 unspecified atom stereocenters. The van der Waals surface area contributed by atoms with E-state index in [-0.39, 0.29) is 12.0 Å². The molecule has 146 valence electrons. The lowest BCUT2D eigenvalue weighted by atomic mass is 10.3. The summed E-state index contributed by atoms with van der Waals surface area (Å²) >= 11 is 6.30. The number of nitrogens with one attached hydrogen (secondary N) is 2. The van der Waals surface area contributed by atoms with Crippen molar-refractivity contribution in [1.29, 1.82) is 0 Å². The fourth-order valence-corrected chi connectivity index (χ4v) is 3.37. The van der Waals surface area contributed by atoms with Crippen molar-refractivity contribution in [2.75, 3.05) is 18.4 Å². The third-order valence-corrected chi connectivity index (χ3v) is 4.87. The third kappa shape index (κ3) is 3.53. The highest BCUT2D eigenvalue weighted by Gasteiger charge is 2.28. The van der Waals surface area contributed by atoms with E-state index in [4.69, 9.17) is 16.3 Å². The van der Waals surface area contributed by atoms with Gasteiger partial charge in [-0.25, -0.2) is 0 Å². The summed E-state index contributed by atoms with van der Waals surface area (Å²) in [7, 11) is 0. The highest BCUT2D eigenvalue weighted by molar-refractivity contribution is 6.35. The minimum absolute atomic E-state index is 0.103. The topological polar surface area (TPSA) is 101 Å². The van der Waals surface area contributed by atoms with Gasteiger partial charge in [0.25, 0.3) is 0 Å². The second kappa shape index (κ2) is 7.51. The predicted octanol–water partition coefficient (Wildman–Crippen LogP) is 2.74. The molecule has 2 N–H and O–H groups in total. The van der Waals surface area contributed by atoms with E-state index in [1.165, 1.54) is 6.08 Å². The molecule has 1 aliphatic heterocycles. The van der Waals surface area contributed by atoms with Crippen molar-refractivity contribution >= 4 is 40.2 Å². The SMILES string of the molecule is C=CC(=O)N1CCC(Oc2nc(Nc3cnn(CC)c3)nc3[nH]cc(Cl)c23)C1. The molecule has 0 spiro atoms. The Hall–Kier alpha value is -3.07. The van der Waals surface area contributed by atoms with E-state index in [2.05, 4.69) is 31.9 Å². The van der Waals surface area contributed by atoms with Gasteiger partial charge in [0.2, 0.25) is 17.7 Å². The molecule has 0 radical (unpaired) electrons. The van der Waals surface area contributed by atoms with Gasteiger partial charge in [-0.2, -0.15) is 15.1 Å². The highest BCUT2D eigenvalue weighted by atomic mass is 35.5. The Labute approximate surface area is 166 Å². The molecule has 0 saturated carbocycles. The molecule has 4 rings (SSSR count). The van der Waals surface area contributed by atoms with Gasteiger partial charge in [0.1, 0.15) is 11.8 Å². The zero-order valence-corrected chi connectivity index (χ0v) is 16.1. The van der Waals surface area contributed by atoms with Crippen LogP contribution in [-0.2, 0) is 11.3 Å². The number of hydrogen-bond donors (Lipinski definition) is 2. The lowest BCUT2D eigenvalue weighted by molar-refractivity contribution is -0.125. The van der Waals surface area contributed by atoms with Crippen molar-refractivity contribution < 1.29 is 9.53 Å². The van der Waals surface area contributed by atoms with E-state index in [9.17, 15) is 4.79 Å². The van der Waals surface area contributed by atoms with Crippen LogP contribution < -0.4 is 10.1 Å². The maximum Gasteiger partial charge on any atom is 0.246 e. The maximum absolute atomic E-state index is 11.8. The fourth-order valence-electron chi connectivity index (χ4n) is 3.15. The summed E-state index contributed by atoms with van der Waals surface area (Å²) in [6, 6.07) is 0. The summed E-state index contributed by atoms with van der Waals surface area (Å²) in [6.07, 6.45) is 7.06. The van der Waals surface area contributed by atoms with Crippen molar-refractivity contribution in [3.8, 4) is 5.88 Å². The zero-order chi connectivity index (χ0) is 19.7. The number of anilines is 2. The summed E-state index contributed by atoms with van der Waals surface area (Å²) in [6.45, 7) is 7.40. The first-order chi connectivity index (χ1) is 13.6. The van der Waals surface area contributed by atoms with Crippen molar-refractivity contribution in [1.82, 2.24) is 29.6 Å². The van der Waals surface area contributed by atoms with Gasteiger partial charge in [0.15, 0.2) is 0 Å². The molecular weight excluding hydrogens is 382 g/mol. The Bertz CT molecular complexity index is 1030. The van der Waals surface area contributed by atoms with Crippen LogP contribution in [0.5, 0.6) is 5.88 Å². The molecule has 1 fully saturated rings. The quantitative estimate of drug-likeness (QED) is 0.616. The van der Waals surface area contributed by atoms with Crippen LogP contribution in [0.4, 0.5) is 11.6 Å². The third-order valence-electron chi connectivity index (χ3n) is 4.57. The molecule has 9 nitrogen and oxygen atoms in total. The minimum atomic E-state index is -0.177. The molecule has 0 bridgehead atoms. The molecule has 28 heavy (non-hydrogen) atoms. The number of hydrogen-bond acceptors (Lipinski definition) is 6. The van der Waals surface area contributed by atoms with Crippen LogP contribution >= 0.6 is 11.6 Å². The summed E-state index contributed by atoms with van der Waals surface area (Å²) in [5.41, 5.74) is 1.34. The number of H-pyrrole nitrogens is 1. The molecule has 0 aliphatic carbocycles. The van der Waals surface area contributed by atoms with E-state index < -0.39 is 0 Å². The molecule has 0 aromatic carbocycles. The Morgan fingerprint density at radius 3 is 3.14 bits per heavy atom. The molecule has 1 saturated heterocycles. The van der Waals surface area contributed by atoms with Crippen LogP contribution in [0.1, 0.15) is 13.3 Å². The number of ether oxygens (including phenoxy) is 1. The van der Waals surface area contributed by atoms with Gasteiger partial charge in [0.05, 0.1) is 28.8 Å². The zero-order valence-electron chi connectivity index (χ0n) is 15.4. The van der Waals surface area contributed by atoms with Crippen molar-refractivity contribution in [3.63, 3.8) is 0 Å². The van der Waals surface area contributed by atoms with Gasteiger partial charge in [-0.1, -0.05) is 18.2 Å². The van der Waals surface area contributed by atoms with Crippen LogP contribution in [0.25, 0.3) is 11.0 Å². The first-order valence-corrected chi connectivity index (χ1v) is 9.37. The van der Waals surface area contributed by atoms with E-state index in [1.54, 1.807) is 22.0 Å². The number of amides is 1. The largest absolute Gasteiger partial charge is 0.472 e. The van der Waals surface area contributed by atoms with Gasteiger partial charge >= 0.3 is 0 Å². The smallest absolute Gasteiger partial charge is 0.246 e. The van der Waals surface area contributed by atoms with Gasteiger partial charge < -0.3 is 19.9 Å². The highest BCUT2D eigenvalue weighted by Crippen LogP contribution is 2.32. The number of nitrogens with zero attached hydrogens (tertiary/aromatic N) is 5. The number of aromatic nitrogens is 5. The molecule has 3 aromatic heterocycles. The average molecular weight is 402 g/mol. The Morgan fingerprint density at radius 1 is 1.54 bits per heavy atom. The Balaban J connectivity index is 1.60. The van der Waals surface area contributed by atoms with E-state index in [0.29, 0.717) is 47.4 Å². The number of carbonyl (C=O) groups is 1. The lowest BCUT2D eigenvalue weighted by Gasteiger charge is -2.16. The first kappa shape index (κ1) is 18.3. The molecule has 4 heterocycles. The molecule has 10 heteroatoms. The van der Waals surface area contributed by atoms with Crippen molar-refractivity contribution in [2.24, 2.45) is 0 Å². The number of rotatable bonds is 6. The van der Waals surface area contributed by atoms with E-state index in [0.717, 1.165) is 12.2 Å². The lowest BCUT2D eigenvalue weighted by Crippen LogP contribution is -2.29. The second-order valence-corrected chi connectivity index (χ2v) is 6.85. The summed E-state index contributed by atoms with van der Waals surface area (Å²) in [5, 5.41) is 8.46. The number of likely N-dealkylation sites (tertiary alicyclic amines) is 1. The monoisotopic (exact) mass is 401 g/mol. The molecule has 1 aliphatic rings. The molecule has 3 aromatic rings. The summed E-state index contributed by atoms with van der Waals surface area (Å²) in [5.74, 6) is 0.641. The number of halogens is 1. The minimum Gasteiger partial charge on any atom is -0.472 e. The number of aromatic amines is 1. The van der Waals surface area contributed by atoms with Crippen molar-refractivity contribution in [2.45, 2.75) is 26.0 Å². The van der Waals surface area contributed by atoms with Crippen LogP contribution in [0.3, 0.4) is 0 Å². The Morgan fingerprint density at radius 2 is 2.39 bits per heavy atom. The summed E-state index contributed by atoms with van der Waals surface area (Å²) < 4.78 is 7.91. The van der Waals surface area contributed by atoms with Gasteiger partial charge in [0, 0.05) is 31.9 Å². The van der Waals surface area contributed by atoms with Crippen molar-refractivity contribution in [3.05, 3.63) is 36.3 Å². The van der Waals surface area contributed by atoms with Gasteiger partial charge in [-0.05, 0) is 13.0 Å². The first-order valence-electron chi connectivity index (χ1n) is 8.99. The van der Waals surface area contributed by atoms with Gasteiger partial charge in [-0.3, -0.25) is 9.48 Å². The number of aryl methyl sites for hydroxylation is 1.